The van der Waals surface area contributed by atoms with Crippen molar-refractivity contribution in [3.8, 4) is 5.69 Å². The number of carbonyl (C=O) groups is 1. The van der Waals surface area contributed by atoms with Gasteiger partial charge in [-0.1, -0.05) is 0 Å². The lowest BCUT2D eigenvalue weighted by Crippen LogP contribution is -2.18. The second-order valence-corrected chi connectivity index (χ2v) is 3.95. The molecule has 1 aromatic carbocycles. The summed E-state index contributed by atoms with van der Waals surface area (Å²) >= 11 is 0. The smallest absolute Gasteiger partial charge is 0.271 e. The van der Waals surface area contributed by atoms with Gasteiger partial charge in [-0.15, -0.1) is 0 Å². The molecule has 8 heteroatoms. The van der Waals surface area contributed by atoms with Gasteiger partial charge in [0.25, 0.3) is 11.6 Å². The largest absolute Gasteiger partial charge is 0.392 e. The number of amides is 1. The molecule has 1 aromatic heterocycles. The van der Waals surface area contributed by atoms with Gasteiger partial charge in [0.2, 0.25) is 0 Å². The topological polar surface area (TPSA) is 110 Å². The molecule has 0 bridgehead atoms. The minimum atomic E-state index is -0.540. The van der Waals surface area contributed by atoms with Crippen molar-refractivity contribution < 1.29 is 14.8 Å². The average Bonchev–Trinajstić information content (AvgIpc) is 2.95. The first-order valence-electron chi connectivity index (χ1n) is 5.73. The highest BCUT2D eigenvalue weighted by Gasteiger charge is 2.14. The maximum Gasteiger partial charge on any atom is 0.271 e. The van der Waals surface area contributed by atoms with E-state index in [0.717, 1.165) is 0 Å². The van der Waals surface area contributed by atoms with Gasteiger partial charge in [0.15, 0.2) is 5.69 Å². The van der Waals surface area contributed by atoms with E-state index < -0.39 is 4.92 Å². The number of benzene rings is 1. The first-order chi connectivity index (χ1) is 9.56. The highest BCUT2D eigenvalue weighted by molar-refractivity contribution is 5.91. The second-order valence-electron chi connectivity index (χ2n) is 3.95. The van der Waals surface area contributed by atoms with Gasteiger partial charge in [0.1, 0.15) is 0 Å². The van der Waals surface area contributed by atoms with Gasteiger partial charge in [-0.05, 0) is 12.1 Å². The van der Waals surface area contributed by atoms with E-state index in [1.807, 2.05) is 0 Å². The highest BCUT2D eigenvalue weighted by Crippen LogP contribution is 2.21. The molecule has 20 heavy (non-hydrogen) atoms. The summed E-state index contributed by atoms with van der Waals surface area (Å²) in [5.74, 6) is -0.337. The first kappa shape index (κ1) is 13.7. The van der Waals surface area contributed by atoms with Crippen molar-refractivity contribution in [3.05, 3.63) is 51.8 Å². The van der Waals surface area contributed by atoms with Gasteiger partial charge in [-0.2, -0.15) is 5.10 Å². The summed E-state index contributed by atoms with van der Waals surface area (Å²) in [5, 5.41) is 26.5. The Hall–Kier alpha value is -2.74. The van der Waals surface area contributed by atoms with Crippen LogP contribution in [-0.4, -0.2) is 32.8 Å². The molecule has 0 saturated heterocycles. The Morgan fingerprint density at radius 2 is 2.25 bits per heavy atom. The zero-order chi connectivity index (χ0) is 14.7. The van der Waals surface area contributed by atoms with Crippen LogP contribution in [0.15, 0.2) is 30.5 Å². The van der Waals surface area contributed by atoms with Gasteiger partial charge in [0.05, 0.1) is 17.2 Å². The zero-order valence-electron chi connectivity index (χ0n) is 10.6. The Morgan fingerprint density at radius 3 is 2.85 bits per heavy atom. The average molecular weight is 276 g/mol. The molecule has 0 saturated carbocycles. The molecule has 104 valence electrons. The van der Waals surface area contributed by atoms with Gasteiger partial charge in [-0.3, -0.25) is 14.9 Å². The van der Waals surface area contributed by atoms with Crippen LogP contribution in [0.5, 0.6) is 0 Å². The lowest BCUT2D eigenvalue weighted by atomic mass is 10.1. The highest BCUT2D eigenvalue weighted by atomic mass is 16.6. The van der Waals surface area contributed by atoms with Crippen molar-refractivity contribution in [1.82, 2.24) is 15.1 Å². The van der Waals surface area contributed by atoms with E-state index in [1.54, 1.807) is 6.20 Å². The molecule has 0 aliphatic heterocycles. The molecule has 1 amide bonds. The molecule has 0 aliphatic carbocycles. The Morgan fingerprint density at radius 1 is 1.50 bits per heavy atom. The maximum absolute atomic E-state index is 11.4. The van der Waals surface area contributed by atoms with Crippen LogP contribution in [0, 0.1) is 10.1 Å². The van der Waals surface area contributed by atoms with Crippen LogP contribution in [0.25, 0.3) is 5.69 Å². The third kappa shape index (κ3) is 2.50. The van der Waals surface area contributed by atoms with Crippen LogP contribution in [-0.2, 0) is 6.61 Å². The molecular weight excluding hydrogens is 264 g/mol. The summed E-state index contributed by atoms with van der Waals surface area (Å²) in [7, 11) is 1.49. The number of hydrogen-bond acceptors (Lipinski definition) is 5. The third-order valence-corrected chi connectivity index (χ3v) is 2.74. The van der Waals surface area contributed by atoms with Crippen LogP contribution in [0.3, 0.4) is 0 Å². The summed E-state index contributed by atoms with van der Waals surface area (Å²) in [5.41, 5.74) is 0.935. The third-order valence-electron chi connectivity index (χ3n) is 2.74. The van der Waals surface area contributed by atoms with E-state index in [9.17, 15) is 20.0 Å². The van der Waals surface area contributed by atoms with Gasteiger partial charge in [-0.25, -0.2) is 4.68 Å². The number of rotatable bonds is 4. The van der Waals surface area contributed by atoms with E-state index in [1.165, 1.54) is 36.0 Å². The molecule has 0 radical (unpaired) electrons. The monoisotopic (exact) mass is 276 g/mol. The summed E-state index contributed by atoms with van der Waals surface area (Å²) in [6.07, 6.45) is 1.55. The van der Waals surface area contributed by atoms with E-state index in [-0.39, 0.29) is 23.9 Å². The minimum Gasteiger partial charge on any atom is -0.392 e. The van der Waals surface area contributed by atoms with Crippen LogP contribution < -0.4 is 5.32 Å². The number of nitro benzene ring substituents is 1. The first-order valence-corrected chi connectivity index (χ1v) is 5.73. The van der Waals surface area contributed by atoms with Gasteiger partial charge in [0, 0.05) is 30.9 Å². The maximum atomic E-state index is 11.4. The molecule has 2 rings (SSSR count). The van der Waals surface area contributed by atoms with Crippen molar-refractivity contribution in [2.24, 2.45) is 0 Å². The van der Waals surface area contributed by atoms with Gasteiger partial charge < -0.3 is 10.4 Å². The summed E-state index contributed by atoms with van der Waals surface area (Å²) in [4.78, 5) is 21.6. The number of nitrogens with one attached hydrogen (secondary N) is 1. The number of aromatic nitrogens is 2. The predicted molar refractivity (Wildman–Crippen MR) is 69.5 cm³/mol. The molecule has 0 unspecified atom stereocenters. The predicted octanol–water partition coefficient (Wildman–Crippen LogP) is 0.632. The molecule has 0 fully saturated rings. The number of aliphatic hydroxyl groups is 1. The normalized spacial score (nSPS) is 10.3. The quantitative estimate of drug-likeness (QED) is 0.628. The number of carbonyl (C=O) groups excluding carboxylic acids is 1. The molecule has 1 heterocycles. The van der Waals surface area contributed by atoms with Crippen molar-refractivity contribution in [3.63, 3.8) is 0 Å². The number of aliphatic hydroxyl groups excluding tert-OH is 1. The molecule has 0 atom stereocenters. The van der Waals surface area contributed by atoms with Crippen LogP contribution in [0.4, 0.5) is 5.69 Å². The minimum absolute atomic E-state index is 0.114. The van der Waals surface area contributed by atoms with E-state index in [4.69, 9.17) is 0 Å². The molecular formula is C12H12N4O4. The van der Waals surface area contributed by atoms with Crippen molar-refractivity contribution in [2.45, 2.75) is 6.61 Å². The Balaban J connectivity index is 2.44. The Labute approximate surface area is 113 Å². The van der Waals surface area contributed by atoms with Crippen LogP contribution >= 0.6 is 0 Å². The molecule has 8 nitrogen and oxygen atoms in total. The lowest BCUT2D eigenvalue weighted by molar-refractivity contribution is -0.384. The summed E-state index contributed by atoms with van der Waals surface area (Å²) in [6, 6.07) is 5.58. The molecule has 2 aromatic rings. The lowest BCUT2D eigenvalue weighted by Gasteiger charge is -2.07. The Bertz CT molecular complexity index is 665. The van der Waals surface area contributed by atoms with Crippen molar-refractivity contribution in [1.29, 1.82) is 0 Å². The summed E-state index contributed by atoms with van der Waals surface area (Å²) < 4.78 is 1.39. The second kappa shape index (κ2) is 5.49. The molecule has 0 aliphatic rings. The SMILES string of the molecule is CNC(=O)c1ccn(-c2ccc([N+](=O)[O-])cc2CO)n1. The Kier molecular flexibility index (Phi) is 3.76. The van der Waals surface area contributed by atoms with E-state index in [2.05, 4.69) is 10.4 Å². The van der Waals surface area contributed by atoms with E-state index >= 15 is 0 Å². The zero-order valence-corrected chi connectivity index (χ0v) is 10.6. The number of nitrogens with zero attached hydrogens (tertiary/aromatic N) is 3. The fourth-order valence-corrected chi connectivity index (χ4v) is 1.74. The number of non-ortho nitro benzene ring substituents is 1. The van der Waals surface area contributed by atoms with Crippen LogP contribution in [0.2, 0.25) is 0 Å². The fourth-order valence-electron chi connectivity index (χ4n) is 1.74. The molecule has 2 N–H and O–H groups in total. The number of hydrogen-bond donors (Lipinski definition) is 2. The fraction of sp³-hybridized carbons (Fsp3) is 0.167. The van der Waals surface area contributed by atoms with E-state index in [0.29, 0.717) is 11.3 Å². The van der Waals surface area contributed by atoms with Crippen molar-refractivity contribution >= 4 is 11.6 Å². The van der Waals surface area contributed by atoms with Crippen molar-refractivity contribution in [2.75, 3.05) is 7.05 Å². The number of nitro groups is 1. The standard InChI is InChI=1S/C12H12N4O4/c1-13-12(18)10-4-5-15(14-10)11-3-2-9(16(19)20)6-8(11)7-17/h2-6,17H,7H2,1H3,(H,13,18). The van der Waals surface area contributed by atoms with Crippen LogP contribution in [0.1, 0.15) is 16.1 Å². The summed E-state index contributed by atoms with van der Waals surface area (Å²) in [6.45, 7) is -0.369. The van der Waals surface area contributed by atoms with Gasteiger partial charge >= 0.3 is 0 Å². The molecule has 0 spiro atoms.